The van der Waals surface area contributed by atoms with Gasteiger partial charge in [-0.3, -0.25) is 35.9 Å². The van der Waals surface area contributed by atoms with Crippen molar-refractivity contribution in [3.05, 3.63) is 68.2 Å². The Morgan fingerprint density at radius 2 is 1.89 bits per heavy atom. The molecule has 2 rings (SSSR count). The second kappa shape index (κ2) is 9.83. The number of nitrogens with zero attached hydrogens (tertiary/aromatic N) is 1. The summed E-state index contributed by atoms with van der Waals surface area (Å²) in [6.07, 6.45) is 0. The van der Waals surface area contributed by atoms with Crippen molar-refractivity contribution in [2.45, 2.75) is 0 Å². The first-order valence-electron chi connectivity index (χ1n) is 7.48. The van der Waals surface area contributed by atoms with Crippen LogP contribution in [0.2, 0.25) is 10.0 Å². The van der Waals surface area contributed by atoms with Gasteiger partial charge in [-0.25, -0.2) is 0 Å². The third kappa shape index (κ3) is 6.34. The van der Waals surface area contributed by atoms with Crippen LogP contribution in [0.1, 0.15) is 10.4 Å². The van der Waals surface area contributed by atoms with Crippen molar-refractivity contribution in [2.75, 3.05) is 6.61 Å². The molecule has 0 heterocycles. The fraction of sp³-hybridized carbons (Fsp3) is 0.0625. The number of halogens is 2. The van der Waals surface area contributed by atoms with Crippen LogP contribution in [0.3, 0.4) is 0 Å². The fourth-order valence-electron chi connectivity index (χ4n) is 1.87. The predicted molar refractivity (Wildman–Crippen MR) is 106 cm³/mol. The zero-order valence-electron chi connectivity index (χ0n) is 13.9. The van der Waals surface area contributed by atoms with Crippen LogP contribution in [0.15, 0.2) is 42.5 Å². The third-order valence-electron chi connectivity index (χ3n) is 3.11. The van der Waals surface area contributed by atoms with Gasteiger partial charge in [0, 0.05) is 22.7 Å². The van der Waals surface area contributed by atoms with Gasteiger partial charge in [0.2, 0.25) is 0 Å². The maximum Gasteiger partial charge on any atom is 0.276 e. The van der Waals surface area contributed by atoms with Crippen LogP contribution in [0.25, 0.3) is 0 Å². The lowest BCUT2D eigenvalue weighted by molar-refractivity contribution is -0.384. The Kier molecular flexibility index (Phi) is 7.50. The van der Waals surface area contributed by atoms with E-state index in [1.54, 1.807) is 6.07 Å². The summed E-state index contributed by atoms with van der Waals surface area (Å²) < 4.78 is 5.23. The van der Waals surface area contributed by atoms with Crippen molar-refractivity contribution in [3.8, 4) is 5.75 Å². The van der Waals surface area contributed by atoms with E-state index in [1.807, 2.05) is 0 Å². The highest BCUT2D eigenvalue weighted by Gasteiger charge is 2.13. The van der Waals surface area contributed by atoms with E-state index in [0.717, 1.165) is 6.07 Å². The first kappa shape index (κ1) is 21.4. The van der Waals surface area contributed by atoms with Gasteiger partial charge in [0.15, 0.2) is 11.7 Å². The molecule has 2 aromatic rings. The second-order valence-corrected chi connectivity index (χ2v) is 6.38. The van der Waals surface area contributed by atoms with E-state index >= 15 is 0 Å². The molecule has 0 bridgehead atoms. The van der Waals surface area contributed by atoms with Gasteiger partial charge < -0.3 is 4.74 Å². The van der Waals surface area contributed by atoms with Crippen LogP contribution in [0.4, 0.5) is 5.69 Å². The highest BCUT2D eigenvalue weighted by atomic mass is 35.5. The van der Waals surface area contributed by atoms with E-state index in [9.17, 15) is 19.7 Å². The molecule has 0 atom stereocenters. The smallest absolute Gasteiger partial charge is 0.276 e. The molecule has 0 unspecified atom stereocenters. The molecule has 0 radical (unpaired) electrons. The van der Waals surface area contributed by atoms with Gasteiger partial charge in [0.1, 0.15) is 5.75 Å². The highest BCUT2D eigenvalue weighted by molar-refractivity contribution is 7.80. The molecule has 0 aliphatic carbocycles. The van der Waals surface area contributed by atoms with Gasteiger partial charge in [-0.1, -0.05) is 29.3 Å². The summed E-state index contributed by atoms with van der Waals surface area (Å²) >= 11 is 16.6. The normalized spacial score (nSPS) is 9.93. The summed E-state index contributed by atoms with van der Waals surface area (Å²) in [5, 5.41) is 13.5. The summed E-state index contributed by atoms with van der Waals surface area (Å²) in [6.45, 7) is -0.379. The number of carbonyl (C=O) groups is 2. The zero-order valence-corrected chi connectivity index (χ0v) is 16.2. The number of hydrogen-bond acceptors (Lipinski definition) is 6. The number of rotatable bonds is 5. The van der Waals surface area contributed by atoms with Gasteiger partial charge in [-0.2, -0.15) is 0 Å². The third-order valence-corrected chi connectivity index (χ3v) is 3.85. The quantitative estimate of drug-likeness (QED) is 0.369. The van der Waals surface area contributed by atoms with E-state index in [0.29, 0.717) is 5.02 Å². The van der Waals surface area contributed by atoms with Crippen LogP contribution in [-0.2, 0) is 4.79 Å². The van der Waals surface area contributed by atoms with E-state index in [4.69, 9.17) is 40.2 Å². The summed E-state index contributed by atoms with van der Waals surface area (Å²) in [7, 11) is 0. The molecule has 0 aromatic heterocycles. The van der Waals surface area contributed by atoms with Crippen LogP contribution >= 0.6 is 35.4 Å². The molecule has 2 amide bonds. The Morgan fingerprint density at radius 3 is 2.57 bits per heavy atom. The van der Waals surface area contributed by atoms with Crippen molar-refractivity contribution < 1.29 is 19.2 Å². The van der Waals surface area contributed by atoms with Gasteiger partial charge in [0.25, 0.3) is 17.5 Å². The van der Waals surface area contributed by atoms with Crippen molar-refractivity contribution in [3.63, 3.8) is 0 Å². The number of hydrazine groups is 1. The minimum atomic E-state index is -0.681. The lowest BCUT2D eigenvalue weighted by atomic mass is 10.2. The average molecular weight is 443 g/mol. The molecule has 2 aromatic carbocycles. The van der Waals surface area contributed by atoms with Crippen molar-refractivity contribution >= 4 is 58.0 Å². The number of non-ortho nitro benzene ring substituents is 1. The number of nitro groups is 1. The number of nitro benzene ring substituents is 1. The molecule has 0 fully saturated rings. The Bertz CT molecular complexity index is 941. The average Bonchev–Trinajstić information content (AvgIpc) is 2.65. The number of amides is 2. The first-order valence-corrected chi connectivity index (χ1v) is 8.65. The first-order chi connectivity index (χ1) is 13.3. The van der Waals surface area contributed by atoms with E-state index in [1.165, 1.54) is 30.3 Å². The summed E-state index contributed by atoms with van der Waals surface area (Å²) in [6, 6.07) is 9.62. The second-order valence-electron chi connectivity index (χ2n) is 5.13. The maximum absolute atomic E-state index is 12.0. The predicted octanol–water partition coefficient (Wildman–Crippen LogP) is 2.62. The molecule has 3 N–H and O–H groups in total. The lowest BCUT2D eigenvalue weighted by Gasteiger charge is -2.12. The monoisotopic (exact) mass is 442 g/mol. The van der Waals surface area contributed by atoms with Crippen LogP contribution < -0.4 is 20.9 Å². The van der Waals surface area contributed by atoms with Gasteiger partial charge in [0.05, 0.1) is 9.95 Å². The van der Waals surface area contributed by atoms with Crippen LogP contribution in [-0.4, -0.2) is 28.5 Å². The number of benzene rings is 2. The topological polar surface area (TPSA) is 123 Å². The SMILES string of the molecule is O=C(COc1ccc(Cl)cc1Cl)NNC(=S)NC(=O)c1cccc([N+](=O)[O-])c1. The number of ether oxygens (including phenoxy) is 1. The molecule has 0 aliphatic heterocycles. The number of thiocarbonyl (C=S) groups is 1. The largest absolute Gasteiger partial charge is 0.482 e. The standard InChI is InChI=1S/C16H12Cl2N4O5S/c17-10-4-5-13(12(18)7-10)27-8-14(23)20-21-16(28)19-15(24)9-2-1-3-11(6-9)22(25)26/h1-7H,8H2,(H,20,23)(H2,19,21,24,28). The van der Waals surface area contributed by atoms with Crippen molar-refractivity contribution in [2.24, 2.45) is 0 Å². The van der Waals surface area contributed by atoms with E-state index in [-0.39, 0.29) is 33.7 Å². The lowest BCUT2D eigenvalue weighted by Crippen LogP contribution is -2.49. The molecular formula is C16H12Cl2N4O5S. The van der Waals surface area contributed by atoms with Gasteiger partial charge in [-0.15, -0.1) is 0 Å². The van der Waals surface area contributed by atoms with E-state index < -0.39 is 16.7 Å². The molecular weight excluding hydrogens is 431 g/mol. The molecule has 9 nitrogen and oxygen atoms in total. The summed E-state index contributed by atoms with van der Waals surface area (Å²) in [5.41, 5.74) is 4.33. The number of carbonyl (C=O) groups excluding carboxylic acids is 2. The molecule has 0 spiro atoms. The molecule has 0 saturated carbocycles. The van der Waals surface area contributed by atoms with E-state index in [2.05, 4.69) is 16.2 Å². The van der Waals surface area contributed by atoms with Gasteiger partial charge in [-0.05, 0) is 36.5 Å². The highest BCUT2D eigenvalue weighted by Crippen LogP contribution is 2.27. The molecule has 12 heteroatoms. The maximum atomic E-state index is 12.0. The fourth-order valence-corrected chi connectivity index (χ4v) is 2.47. The number of nitrogens with one attached hydrogen (secondary N) is 3. The van der Waals surface area contributed by atoms with Crippen LogP contribution in [0, 0.1) is 10.1 Å². The Balaban J connectivity index is 1.80. The Morgan fingerprint density at radius 1 is 1.14 bits per heavy atom. The van der Waals surface area contributed by atoms with Crippen molar-refractivity contribution in [1.82, 2.24) is 16.2 Å². The molecule has 146 valence electrons. The van der Waals surface area contributed by atoms with Gasteiger partial charge >= 0.3 is 0 Å². The Hall–Kier alpha value is -2.95. The molecule has 0 saturated heterocycles. The summed E-state index contributed by atoms with van der Waals surface area (Å²) in [4.78, 5) is 33.9. The Labute approximate surface area is 174 Å². The minimum Gasteiger partial charge on any atom is -0.482 e. The summed E-state index contributed by atoms with van der Waals surface area (Å²) in [5.74, 6) is -1.01. The van der Waals surface area contributed by atoms with Crippen LogP contribution in [0.5, 0.6) is 5.75 Å². The van der Waals surface area contributed by atoms with Crippen molar-refractivity contribution in [1.29, 1.82) is 0 Å². The zero-order chi connectivity index (χ0) is 20.7. The minimum absolute atomic E-state index is 0.0328. The molecule has 28 heavy (non-hydrogen) atoms. The number of hydrogen-bond donors (Lipinski definition) is 3. The molecule has 0 aliphatic rings.